The zero-order chi connectivity index (χ0) is 15.0. The highest BCUT2D eigenvalue weighted by molar-refractivity contribution is 5.96. The molecule has 0 radical (unpaired) electrons. The fraction of sp³-hybridized carbons (Fsp3) is 0.429. The highest BCUT2D eigenvalue weighted by Gasteiger charge is 2.08. The van der Waals surface area contributed by atoms with Gasteiger partial charge in [-0.25, -0.2) is 4.79 Å². The lowest BCUT2D eigenvalue weighted by Crippen LogP contribution is -2.31. The van der Waals surface area contributed by atoms with Gasteiger partial charge in [-0.05, 0) is 37.6 Å². The normalized spacial score (nSPS) is 9.95. The first-order valence-corrected chi connectivity index (χ1v) is 6.51. The van der Waals surface area contributed by atoms with E-state index in [9.17, 15) is 9.59 Å². The van der Waals surface area contributed by atoms with Gasteiger partial charge in [0.1, 0.15) is 0 Å². The molecule has 0 atom stereocenters. The van der Waals surface area contributed by atoms with Gasteiger partial charge in [-0.15, -0.1) is 0 Å². The molecular weight excluding hydrogens is 258 g/mol. The summed E-state index contributed by atoms with van der Waals surface area (Å²) in [5.74, 6) is -0.119. The third-order valence-electron chi connectivity index (χ3n) is 2.67. The van der Waals surface area contributed by atoms with Gasteiger partial charge in [-0.3, -0.25) is 4.79 Å². The third kappa shape index (κ3) is 4.89. The van der Waals surface area contributed by atoms with E-state index in [1.165, 1.54) is 0 Å². The average Bonchev–Trinajstić information content (AvgIpc) is 2.41. The minimum atomic E-state index is -0.295. The zero-order valence-electron chi connectivity index (χ0n) is 12.1. The predicted octanol–water partition coefficient (Wildman–Crippen LogP) is 1.51. The maximum atomic E-state index is 11.7. The van der Waals surface area contributed by atoms with E-state index in [-0.39, 0.29) is 11.9 Å². The molecule has 0 aliphatic rings. The van der Waals surface area contributed by atoms with Crippen molar-refractivity contribution < 1.29 is 14.3 Å². The number of hydrogen-bond acceptors (Lipinski definition) is 3. The summed E-state index contributed by atoms with van der Waals surface area (Å²) in [7, 11) is 1.57. The first-order chi connectivity index (χ1) is 9.58. The number of nitrogens with one attached hydrogen (secondary N) is 3. The van der Waals surface area contributed by atoms with Crippen LogP contribution < -0.4 is 16.0 Å². The molecule has 3 amide bonds. The lowest BCUT2D eigenvalue weighted by atomic mass is 10.1. The molecular formula is C14H21N3O3. The summed E-state index contributed by atoms with van der Waals surface area (Å²) in [6.45, 7) is 5.19. The van der Waals surface area contributed by atoms with Crippen molar-refractivity contribution in [2.24, 2.45) is 0 Å². The summed E-state index contributed by atoms with van der Waals surface area (Å²) < 4.78 is 4.84. The number of rotatable bonds is 6. The van der Waals surface area contributed by atoms with E-state index in [0.29, 0.717) is 30.9 Å². The van der Waals surface area contributed by atoms with Gasteiger partial charge in [0.15, 0.2) is 0 Å². The van der Waals surface area contributed by atoms with Crippen LogP contribution in [0.2, 0.25) is 0 Å². The van der Waals surface area contributed by atoms with Crippen LogP contribution in [0.4, 0.5) is 10.5 Å². The number of carbonyl (C=O) groups excluding carboxylic acids is 2. The first-order valence-electron chi connectivity index (χ1n) is 6.51. The van der Waals surface area contributed by atoms with Crippen molar-refractivity contribution in [1.29, 1.82) is 0 Å². The van der Waals surface area contributed by atoms with E-state index in [1.54, 1.807) is 25.3 Å². The Morgan fingerprint density at radius 3 is 2.60 bits per heavy atom. The molecule has 1 aromatic rings. The topological polar surface area (TPSA) is 79.5 Å². The van der Waals surface area contributed by atoms with Gasteiger partial charge < -0.3 is 20.7 Å². The molecule has 0 spiro atoms. The van der Waals surface area contributed by atoms with Gasteiger partial charge in [-0.1, -0.05) is 0 Å². The number of hydrogen-bond donors (Lipinski definition) is 3. The SMILES string of the molecule is CCNC(=O)c1ccc(NC(=O)NCCOC)c(C)c1. The maximum Gasteiger partial charge on any atom is 0.319 e. The summed E-state index contributed by atoms with van der Waals surface area (Å²) >= 11 is 0. The Labute approximate surface area is 118 Å². The lowest BCUT2D eigenvalue weighted by Gasteiger charge is -2.11. The molecule has 20 heavy (non-hydrogen) atoms. The minimum absolute atomic E-state index is 0.119. The van der Waals surface area contributed by atoms with Gasteiger partial charge in [0.05, 0.1) is 6.61 Å². The van der Waals surface area contributed by atoms with Gasteiger partial charge in [0.25, 0.3) is 5.91 Å². The summed E-state index contributed by atoms with van der Waals surface area (Å²) in [5.41, 5.74) is 2.08. The molecule has 0 heterocycles. The molecule has 110 valence electrons. The number of anilines is 1. The fourth-order valence-corrected chi connectivity index (χ4v) is 1.64. The maximum absolute atomic E-state index is 11.7. The van der Waals surface area contributed by atoms with Crippen molar-refractivity contribution in [2.75, 3.05) is 32.1 Å². The molecule has 0 fully saturated rings. The Bertz CT molecular complexity index is 475. The molecule has 0 saturated heterocycles. The van der Waals surface area contributed by atoms with E-state index in [1.807, 2.05) is 13.8 Å². The Morgan fingerprint density at radius 2 is 2.00 bits per heavy atom. The number of carbonyl (C=O) groups is 2. The smallest absolute Gasteiger partial charge is 0.319 e. The predicted molar refractivity (Wildman–Crippen MR) is 78.1 cm³/mol. The van der Waals surface area contributed by atoms with Gasteiger partial charge >= 0.3 is 6.03 Å². The van der Waals surface area contributed by atoms with Crippen LogP contribution in [0.15, 0.2) is 18.2 Å². The molecule has 3 N–H and O–H groups in total. The summed E-state index contributed by atoms with van der Waals surface area (Å²) in [6.07, 6.45) is 0. The second-order valence-corrected chi connectivity index (χ2v) is 4.26. The molecule has 6 heteroatoms. The molecule has 0 bridgehead atoms. The van der Waals surface area contributed by atoms with E-state index in [4.69, 9.17) is 4.74 Å². The first kappa shape index (κ1) is 16.0. The van der Waals surface area contributed by atoms with Gasteiger partial charge in [-0.2, -0.15) is 0 Å². The highest BCUT2D eigenvalue weighted by atomic mass is 16.5. The second-order valence-electron chi connectivity index (χ2n) is 4.26. The standard InChI is InChI=1S/C14H21N3O3/c1-4-15-13(18)11-5-6-12(10(2)9-11)17-14(19)16-7-8-20-3/h5-6,9H,4,7-8H2,1-3H3,(H,15,18)(H2,16,17,19). The summed E-state index contributed by atoms with van der Waals surface area (Å²) in [6, 6.07) is 4.85. The largest absolute Gasteiger partial charge is 0.383 e. The van der Waals surface area contributed by atoms with Crippen molar-refractivity contribution in [3.8, 4) is 0 Å². The van der Waals surface area contributed by atoms with E-state index < -0.39 is 0 Å². The Hall–Kier alpha value is -2.08. The minimum Gasteiger partial charge on any atom is -0.383 e. The van der Waals surface area contributed by atoms with Crippen LogP contribution >= 0.6 is 0 Å². The molecule has 0 unspecified atom stereocenters. The van der Waals surface area contributed by atoms with Crippen molar-refractivity contribution >= 4 is 17.6 Å². The molecule has 0 aliphatic heterocycles. The molecule has 0 aromatic heterocycles. The van der Waals surface area contributed by atoms with Crippen LogP contribution in [0.1, 0.15) is 22.8 Å². The van der Waals surface area contributed by atoms with Crippen molar-refractivity contribution in [1.82, 2.24) is 10.6 Å². The van der Waals surface area contributed by atoms with Crippen LogP contribution in [0, 0.1) is 6.92 Å². The summed E-state index contributed by atoms with van der Waals surface area (Å²) in [5, 5.41) is 8.12. The van der Waals surface area contributed by atoms with Crippen LogP contribution in [0.25, 0.3) is 0 Å². The lowest BCUT2D eigenvalue weighted by molar-refractivity contribution is 0.0955. The van der Waals surface area contributed by atoms with Crippen LogP contribution in [0.5, 0.6) is 0 Å². The molecule has 1 rings (SSSR count). The fourth-order valence-electron chi connectivity index (χ4n) is 1.64. The van der Waals surface area contributed by atoms with Crippen LogP contribution in [-0.4, -0.2) is 38.7 Å². The quantitative estimate of drug-likeness (QED) is 0.691. The Kier molecular flexibility index (Phi) is 6.52. The Balaban J connectivity index is 2.64. The molecule has 6 nitrogen and oxygen atoms in total. The van der Waals surface area contributed by atoms with Crippen molar-refractivity contribution in [3.63, 3.8) is 0 Å². The highest BCUT2D eigenvalue weighted by Crippen LogP contribution is 2.16. The number of benzene rings is 1. The van der Waals surface area contributed by atoms with E-state index in [0.717, 1.165) is 5.56 Å². The Morgan fingerprint density at radius 1 is 1.25 bits per heavy atom. The molecule has 1 aromatic carbocycles. The van der Waals surface area contributed by atoms with Gasteiger partial charge in [0.2, 0.25) is 0 Å². The van der Waals surface area contributed by atoms with Crippen molar-refractivity contribution in [2.45, 2.75) is 13.8 Å². The average molecular weight is 279 g/mol. The van der Waals surface area contributed by atoms with Crippen LogP contribution in [-0.2, 0) is 4.74 Å². The van der Waals surface area contributed by atoms with Gasteiger partial charge in [0, 0.05) is 31.5 Å². The number of amides is 3. The number of urea groups is 1. The van der Waals surface area contributed by atoms with Crippen molar-refractivity contribution in [3.05, 3.63) is 29.3 Å². The molecule has 0 aliphatic carbocycles. The third-order valence-corrected chi connectivity index (χ3v) is 2.67. The number of methoxy groups -OCH3 is 1. The summed E-state index contributed by atoms with van der Waals surface area (Å²) in [4.78, 5) is 23.3. The zero-order valence-corrected chi connectivity index (χ0v) is 12.1. The molecule has 0 saturated carbocycles. The monoisotopic (exact) mass is 279 g/mol. The van der Waals surface area contributed by atoms with E-state index >= 15 is 0 Å². The number of aryl methyl sites for hydroxylation is 1. The second kappa shape index (κ2) is 8.16. The van der Waals surface area contributed by atoms with Crippen LogP contribution in [0.3, 0.4) is 0 Å². The number of ether oxygens (including phenoxy) is 1. The van der Waals surface area contributed by atoms with E-state index in [2.05, 4.69) is 16.0 Å².